The monoisotopic (exact) mass is 487 g/mol. The van der Waals surface area contributed by atoms with Crippen LogP contribution >= 0.6 is 0 Å². The van der Waals surface area contributed by atoms with Crippen LogP contribution in [0.3, 0.4) is 0 Å². The molecule has 0 aliphatic heterocycles. The van der Waals surface area contributed by atoms with E-state index in [4.69, 9.17) is 30.1 Å². The number of amidine groups is 1. The van der Waals surface area contributed by atoms with Gasteiger partial charge in [0.1, 0.15) is 24.8 Å². The standard InChI is InChI=1S/C25H33N3O7/c1-5-25(24(30)31,28-18-10-8-17(9-11-18)23(26)27)19-14-21(32-6-2)22(33-7-3)15-20(19)35-13-12-34-16(4)29/h8-11,14-15,28H,5-7,12-13H2,1-4H3,(H3,26,27)(H,30,31). The number of hydrogen-bond donors (Lipinski definition) is 4. The fourth-order valence-electron chi connectivity index (χ4n) is 3.51. The molecule has 0 heterocycles. The SMILES string of the molecule is CCOc1cc(OCCOC(C)=O)c(C(CC)(Nc2ccc(C(=N)N)cc2)C(=O)O)cc1OCC. The summed E-state index contributed by atoms with van der Waals surface area (Å²) in [7, 11) is 0. The first kappa shape index (κ1) is 27.3. The number of esters is 1. The Labute approximate surface area is 204 Å². The van der Waals surface area contributed by atoms with Gasteiger partial charge < -0.3 is 35.1 Å². The highest BCUT2D eigenvalue weighted by atomic mass is 16.6. The minimum Gasteiger partial charge on any atom is -0.490 e. The van der Waals surface area contributed by atoms with E-state index in [-0.39, 0.29) is 31.2 Å². The molecule has 190 valence electrons. The fraction of sp³-hybridized carbons (Fsp3) is 0.400. The third kappa shape index (κ3) is 6.78. The van der Waals surface area contributed by atoms with Gasteiger partial charge in [-0.25, -0.2) is 4.79 Å². The number of hydrogen-bond acceptors (Lipinski definition) is 8. The van der Waals surface area contributed by atoms with E-state index in [0.717, 1.165) is 0 Å². The Morgan fingerprint density at radius 1 is 0.971 bits per heavy atom. The Bertz CT molecular complexity index is 1040. The summed E-state index contributed by atoms with van der Waals surface area (Å²) < 4.78 is 22.3. The maximum Gasteiger partial charge on any atom is 0.334 e. The lowest BCUT2D eigenvalue weighted by atomic mass is 9.85. The normalized spacial score (nSPS) is 12.2. The van der Waals surface area contributed by atoms with Gasteiger partial charge in [-0.1, -0.05) is 6.92 Å². The highest BCUT2D eigenvalue weighted by molar-refractivity contribution is 5.95. The largest absolute Gasteiger partial charge is 0.490 e. The van der Waals surface area contributed by atoms with E-state index in [9.17, 15) is 14.7 Å². The third-order valence-electron chi connectivity index (χ3n) is 5.20. The van der Waals surface area contributed by atoms with Gasteiger partial charge in [-0.05, 0) is 50.6 Å². The molecular weight excluding hydrogens is 454 g/mol. The Morgan fingerprint density at radius 3 is 2.06 bits per heavy atom. The highest BCUT2D eigenvalue weighted by Crippen LogP contribution is 2.43. The van der Waals surface area contributed by atoms with Crippen molar-refractivity contribution in [3.8, 4) is 17.2 Å². The highest BCUT2D eigenvalue weighted by Gasteiger charge is 2.42. The number of carboxylic acids is 1. The Hall–Kier alpha value is -3.95. The average molecular weight is 488 g/mol. The molecule has 2 aromatic rings. The summed E-state index contributed by atoms with van der Waals surface area (Å²) in [4.78, 5) is 23.9. The van der Waals surface area contributed by atoms with Crippen LogP contribution in [0.25, 0.3) is 0 Å². The number of ether oxygens (including phenoxy) is 4. The van der Waals surface area contributed by atoms with Crippen LogP contribution in [0.4, 0.5) is 5.69 Å². The van der Waals surface area contributed by atoms with Gasteiger partial charge in [0.2, 0.25) is 0 Å². The van der Waals surface area contributed by atoms with Gasteiger partial charge in [0.15, 0.2) is 17.0 Å². The topological polar surface area (TPSA) is 153 Å². The predicted molar refractivity (Wildman–Crippen MR) is 132 cm³/mol. The molecule has 1 atom stereocenters. The molecule has 0 radical (unpaired) electrons. The van der Waals surface area contributed by atoms with Crippen LogP contribution in [-0.4, -0.2) is 49.3 Å². The summed E-state index contributed by atoms with van der Waals surface area (Å²) >= 11 is 0. The summed E-state index contributed by atoms with van der Waals surface area (Å²) in [5, 5.41) is 21.1. The van der Waals surface area contributed by atoms with Crippen LogP contribution < -0.4 is 25.3 Å². The van der Waals surface area contributed by atoms with E-state index in [1.54, 1.807) is 43.3 Å². The summed E-state index contributed by atoms with van der Waals surface area (Å²) in [6.07, 6.45) is 0.149. The van der Waals surface area contributed by atoms with E-state index >= 15 is 0 Å². The molecule has 2 rings (SSSR count). The quantitative estimate of drug-likeness (QED) is 0.136. The Balaban J connectivity index is 2.61. The molecule has 35 heavy (non-hydrogen) atoms. The number of nitrogens with two attached hydrogens (primary N) is 1. The summed E-state index contributed by atoms with van der Waals surface area (Å²) in [5.41, 5.74) is 5.27. The van der Waals surface area contributed by atoms with Gasteiger partial charge in [0.05, 0.1) is 13.2 Å². The van der Waals surface area contributed by atoms with Crippen LogP contribution in [0.2, 0.25) is 0 Å². The van der Waals surface area contributed by atoms with Crippen molar-refractivity contribution in [2.75, 3.05) is 31.7 Å². The van der Waals surface area contributed by atoms with Crippen molar-refractivity contribution in [3.05, 3.63) is 47.5 Å². The second-order valence-corrected chi connectivity index (χ2v) is 7.53. The summed E-state index contributed by atoms with van der Waals surface area (Å²) in [6.45, 7) is 7.40. The van der Waals surface area contributed by atoms with Crippen molar-refractivity contribution >= 4 is 23.5 Å². The maximum atomic E-state index is 12.8. The van der Waals surface area contributed by atoms with Gasteiger partial charge in [0.25, 0.3) is 0 Å². The molecule has 0 aliphatic rings. The van der Waals surface area contributed by atoms with Gasteiger partial charge in [-0.15, -0.1) is 0 Å². The van der Waals surface area contributed by atoms with Crippen LogP contribution in [0.5, 0.6) is 17.2 Å². The molecule has 0 fully saturated rings. The lowest BCUT2D eigenvalue weighted by molar-refractivity contribution is -0.143. The average Bonchev–Trinajstić information content (AvgIpc) is 2.82. The number of rotatable bonds is 14. The van der Waals surface area contributed by atoms with Gasteiger partial charge in [-0.3, -0.25) is 10.2 Å². The lowest BCUT2D eigenvalue weighted by Crippen LogP contribution is -2.43. The first-order valence-corrected chi connectivity index (χ1v) is 11.3. The first-order chi connectivity index (χ1) is 16.7. The number of nitrogens with one attached hydrogen (secondary N) is 2. The predicted octanol–water partition coefficient (Wildman–Crippen LogP) is 3.51. The van der Waals surface area contributed by atoms with Crippen molar-refractivity contribution in [2.24, 2.45) is 5.73 Å². The van der Waals surface area contributed by atoms with E-state index in [1.165, 1.54) is 6.92 Å². The number of carbonyl (C=O) groups is 2. The van der Waals surface area contributed by atoms with E-state index < -0.39 is 17.5 Å². The molecule has 5 N–H and O–H groups in total. The fourth-order valence-corrected chi connectivity index (χ4v) is 3.51. The van der Waals surface area contributed by atoms with Crippen LogP contribution in [0, 0.1) is 5.41 Å². The number of nitrogen functional groups attached to an aromatic ring is 1. The summed E-state index contributed by atoms with van der Waals surface area (Å²) in [5.74, 6) is -0.632. The number of anilines is 1. The zero-order valence-corrected chi connectivity index (χ0v) is 20.5. The van der Waals surface area contributed by atoms with Crippen LogP contribution in [0.1, 0.15) is 45.2 Å². The second kappa shape index (κ2) is 12.5. The zero-order chi connectivity index (χ0) is 26.0. The minimum atomic E-state index is -1.61. The second-order valence-electron chi connectivity index (χ2n) is 7.53. The first-order valence-electron chi connectivity index (χ1n) is 11.3. The van der Waals surface area contributed by atoms with E-state index in [2.05, 4.69) is 5.32 Å². The van der Waals surface area contributed by atoms with Gasteiger partial charge >= 0.3 is 11.9 Å². The van der Waals surface area contributed by atoms with Crippen molar-refractivity contribution in [2.45, 2.75) is 39.7 Å². The molecule has 0 saturated carbocycles. The molecule has 0 saturated heterocycles. The number of aliphatic carboxylic acids is 1. The van der Waals surface area contributed by atoms with Crippen molar-refractivity contribution in [1.82, 2.24) is 0 Å². The van der Waals surface area contributed by atoms with Gasteiger partial charge in [0, 0.05) is 29.8 Å². The molecule has 0 amide bonds. The van der Waals surface area contributed by atoms with Crippen LogP contribution in [0.15, 0.2) is 36.4 Å². The molecule has 0 spiro atoms. The van der Waals surface area contributed by atoms with Crippen molar-refractivity contribution in [1.29, 1.82) is 5.41 Å². The Kier molecular flexibility index (Phi) is 9.74. The minimum absolute atomic E-state index is 0.00190. The van der Waals surface area contributed by atoms with Crippen molar-refractivity contribution < 1.29 is 33.6 Å². The zero-order valence-electron chi connectivity index (χ0n) is 20.5. The van der Waals surface area contributed by atoms with E-state index in [1.807, 2.05) is 13.8 Å². The molecule has 10 heteroatoms. The van der Waals surface area contributed by atoms with Gasteiger partial charge in [-0.2, -0.15) is 0 Å². The molecule has 0 aromatic heterocycles. The molecule has 1 unspecified atom stereocenters. The molecule has 0 aliphatic carbocycles. The Morgan fingerprint density at radius 2 is 1.57 bits per heavy atom. The van der Waals surface area contributed by atoms with Crippen LogP contribution in [-0.2, 0) is 19.9 Å². The molecule has 10 nitrogen and oxygen atoms in total. The maximum absolute atomic E-state index is 12.8. The summed E-state index contributed by atoms with van der Waals surface area (Å²) in [6, 6.07) is 9.77. The molecular formula is C25H33N3O7. The molecule has 0 bridgehead atoms. The lowest BCUT2D eigenvalue weighted by Gasteiger charge is -2.33. The smallest absolute Gasteiger partial charge is 0.334 e. The third-order valence-corrected chi connectivity index (χ3v) is 5.20. The molecule has 2 aromatic carbocycles. The number of carbonyl (C=O) groups excluding carboxylic acids is 1. The van der Waals surface area contributed by atoms with E-state index in [0.29, 0.717) is 41.5 Å². The number of benzene rings is 2. The van der Waals surface area contributed by atoms with Crippen molar-refractivity contribution in [3.63, 3.8) is 0 Å². The number of carboxylic acid groups (broad SMARTS) is 1.